The Balaban J connectivity index is 1.77. The number of hydrogen-bond acceptors (Lipinski definition) is 5. The summed E-state index contributed by atoms with van der Waals surface area (Å²) in [6.07, 6.45) is 1.26. The number of amides is 2. The molecule has 7 heteroatoms. The van der Waals surface area contributed by atoms with Crippen LogP contribution in [0.1, 0.15) is 42.1 Å². The van der Waals surface area contributed by atoms with E-state index in [0.29, 0.717) is 35.4 Å². The number of carboxylic acids is 1. The number of para-hydroxylation sites is 2. The molecule has 2 fully saturated rings. The predicted molar refractivity (Wildman–Crippen MR) is 139 cm³/mol. The molecule has 190 valence electrons. The Hall–Kier alpha value is -3.97. The van der Waals surface area contributed by atoms with E-state index in [-0.39, 0.29) is 0 Å². The van der Waals surface area contributed by atoms with Crippen molar-refractivity contribution in [2.24, 2.45) is 11.8 Å². The third-order valence-corrected chi connectivity index (χ3v) is 7.79. The highest BCUT2D eigenvalue weighted by molar-refractivity contribution is 6.25. The largest absolute Gasteiger partial charge is 0.496 e. The van der Waals surface area contributed by atoms with Crippen molar-refractivity contribution in [1.29, 1.82) is 0 Å². The van der Waals surface area contributed by atoms with Crippen molar-refractivity contribution in [2.75, 3.05) is 12.0 Å². The molecule has 0 bridgehead atoms. The van der Waals surface area contributed by atoms with E-state index in [2.05, 4.69) is 5.32 Å². The maximum atomic E-state index is 14.3. The Morgan fingerprint density at radius 2 is 1.54 bits per heavy atom. The number of carbonyl (C=O) groups is 3. The summed E-state index contributed by atoms with van der Waals surface area (Å²) < 4.78 is 5.59. The monoisotopic (exact) mass is 498 g/mol. The van der Waals surface area contributed by atoms with Crippen molar-refractivity contribution in [2.45, 2.75) is 38.3 Å². The molecule has 7 nitrogen and oxygen atoms in total. The van der Waals surface area contributed by atoms with Gasteiger partial charge in [-0.2, -0.15) is 0 Å². The van der Waals surface area contributed by atoms with E-state index < -0.39 is 41.2 Å². The molecule has 0 aliphatic carbocycles. The number of fused-ring (bicyclic) bond motifs is 1. The van der Waals surface area contributed by atoms with Gasteiger partial charge in [0.1, 0.15) is 5.75 Å². The Labute approximate surface area is 216 Å². The summed E-state index contributed by atoms with van der Waals surface area (Å²) in [7, 11) is 1.53. The second-order valence-electron chi connectivity index (χ2n) is 9.49. The van der Waals surface area contributed by atoms with E-state index in [0.717, 1.165) is 11.1 Å². The maximum absolute atomic E-state index is 14.3. The molecule has 2 saturated heterocycles. The molecule has 3 aromatic rings. The first kappa shape index (κ1) is 24.7. The van der Waals surface area contributed by atoms with Crippen LogP contribution in [0.25, 0.3) is 0 Å². The second-order valence-corrected chi connectivity index (χ2v) is 9.49. The number of benzene rings is 3. The minimum absolute atomic E-state index is 0.395. The molecule has 0 radical (unpaired) electrons. The Morgan fingerprint density at radius 1 is 0.919 bits per heavy atom. The van der Waals surface area contributed by atoms with Gasteiger partial charge in [0.05, 0.1) is 24.6 Å². The van der Waals surface area contributed by atoms with Gasteiger partial charge in [-0.25, -0.2) is 9.69 Å². The van der Waals surface area contributed by atoms with Gasteiger partial charge in [-0.05, 0) is 35.6 Å². The number of nitrogens with zero attached hydrogens (tertiary/aromatic N) is 1. The number of ether oxygens (including phenoxy) is 1. The molecule has 4 atom stereocenters. The molecule has 0 aromatic heterocycles. The van der Waals surface area contributed by atoms with Crippen LogP contribution in [0, 0.1) is 11.8 Å². The number of hydrogen-bond donors (Lipinski definition) is 2. The Bertz CT molecular complexity index is 1350. The van der Waals surface area contributed by atoms with Crippen LogP contribution < -0.4 is 15.0 Å². The molecule has 2 aliphatic rings. The molecule has 0 spiro atoms. The molecule has 4 unspecified atom stereocenters. The molecule has 37 heavy (non-hydrogen) atoms. The first-order valence-corrected chi connectivity index (χ1v) is 12.6. The van der Waals surface area contributed by atoms with Crippen molar-refractivity contribution >= 4 is 23.5 Å². The lowest BCUT2D eigenvalue weighted by Gasteiger charge is -2.32. The highest BCUT2D eigenvalue weighted by Gasteiger charge is 2.69. The van der Waals surface area contributed by atoms with Crippen LogP contribution in [0.15, 0.2) is 72.8 Å². The number of carbonyl (C=O) groups excluding carboxylic acids is 2. The van der Waals surface area contributed by atoms with E-state index in [1.165, 1.54) is 12.0 Å². The average molecular weight is 499 g/mol. The summed E-state index contributed by atoms with van der Waals surface area (Å²) in [5.41, 5.74) is 1.61. The molecule has 3 aromatic carbocycles. The number of aliphatic carboxylic acids is 1. The van der Waals surface area contributed by atoms with Gasteiger partial charge in [-0.15, -0.1) is 0 Å². The SMILES string of the molecule is CCc1cccc(CC)c1N1C(=O)C2C(c3ccccc3OC)NC(C(=O)O)(c3ccccc3)C2C1=O. The number of carboxylic acid groups (broad SMARTS) is 1. The quantitative estimate of drug-likeness (QED) is 0.473. The molecular formula is C30H30N2O5. The molecule has 0 saturated carbocycles. The fourth-order valence-corrected chi connectivity index (χ4v) is 6.11. The topological polar surface area (TPSA) is 95.9 Å². The zero-order chi connectivity index (χ0) is 26.3. The van der Waals surface area contributed by atoms with Crippen molar-refractivity contribution < 1.29 is 24.2 Å². The summed E-state index contributed by atoms with van der Waals surface area (Å²) in [5.74, 6) is -3.66. The van der Waals surface area contributed by atoms with Gasteiger partial charge in [0, 0.05) is 11.6 Å². The average Bonchev–Trinajstić information content (AvgIpc) is 3.42. The number of methoxy groups -OCH3 is 1. The number of nitrogens with one attached hydrogen (secondary N) is 1. The summed E-state index contributed by atoms with van der Waals surface area (Å²) >= 11 is 0. The molecule has 2 aliphatic heterocycles. The summed E-state index contributed by atoms with van der Waals surface area (Å²) in [5, 5.41) is 14.0. The number of anilines is 1. The highest BCUT2D eigenvalue weighted by atomic mass is 16.5. The summed E-state index contributed by atoms with van der Waals surface area (Å²) in [6, 6.07) is 20.9. The smallest absolute Gasteiger partial charge is 0.329 e. The van der Waals surface area contributed by atoms with E-state index in [1.807, 2.05) is 50.2 Å². The third-order valence-electron chi connectivity index (χ3n) is 7.79. The van der Waals surface area contributed by atoms with E-state index in [4.69, 9.17) is 4.74 Å². The zero-order valence-electron chi connectivity index (χ0n) is 21.1. The van der Waals surface area contributed by atoms with Crippen LogP contribution in [-0.4, -0.2) is 30.0 Å². The Morgan fingerprint density at radius 3 is 2.14 bits per heavy atom. The lowest BCUT2D eigenvalue weighted by Crippen LogP contribution is -2.53. The number of imide groups is 1. The van der Waals surface area contributed by atoms with Crippen molar-refractivity contribution in [1.82, 2.24) is 5.32 Å². The van der Waals surface area contributed by atoms with Gasteiger partial charge in [0.25, 0.3) is 0 Å². The van der Waals surface area contributed by atoms with Gasteiger partial charge in [0.15, 0.2) is 5.54 Å². The van der Waals surface area contributed by atoms with Gasteiger partial charge in [0.2, 0.25) is 11.8 Å². The number of rotatable bonds is 7. The summed E-state index contributed by atoms with van der Waals surface area (Å²) in [4.78, 5) is 43.0. The van der Waals surface area contributed by atoms with Crippen LogP contribution in [0.2, 0.25) is 0 Å². The second kappa shape index (κ2) is 9.48. The van der Waals surface area contributed by atoms with Crippen molar-refractivity contribution in [3.63, 3.8) is 0 Å². The molecular weight excluding hydrogens is 468 g/mol. The standard InChI is InChI=1S/C30H30N2O5/c1-4-18-12-11-13-19(5-2)26(18)32-27(33)23-24(28(32)34)30(29(35)36,20-14-7-6-8-15-20)31-25(23)21-16-9-10-17-22(21)37-3/h6-17,23-25,31H,4-5H2,1-3H3,(H,35,36). The molecule has 2 N–H and O–H groups in total. The van der Waals surface area contributed by atoms with Gasteiger partial charge in [-0.3, -0.25) is 14.9 Å². The Kier molecular flexibility index (Phi) is 6.33. The molecule has 2 heterocycles. The van der Waals surface area contributed by atoms with Crippen LogP contribution in [0.3, 0.4) is 0 Å². The lowest BCUT2D eigenvalue weighted by atomic mass is 9.75. The lowest BCUT2D eigenvalue weighted by molar-refractivity contribution is -0.149. The third kappa shape index (κ3) is 3.56. The van der Waals surface area contributed by atoms with Gasteiger partial charge < -0.3 is 9.84 Å². The van der Waals surface area contributed by atoms with Crippen molar-refractivity contribution in [3.8, 4) is 5.75 Å². The van der Waals surface area contributed by atoms with E-state index >= 15 is 0 Å². The van der Waals surface area contributed by atoms with Gasteiger partial charge in [-0.1, -0.05) is 80.6 Å². The van der Waals surface area contributed by atoms with Crippen LogP contribution in [-0.2, 0) is 32.8 Å². The highest BCUT2D eigenvalue weighted by Crippen LogP contribution is 2.55. The van der Waals surface area contributed by atoms with Crippen molar-refractivity contribution in [3.05, 3.63) is 95.1 Å². The minimum Gasteiger partial charge on any atom is -0.496 e. The van der Waals surface area contributed by atoms with E-state index in [9.17, 15) is 19.5 Å². The molecule has 5 rings (SSSR count). The fraction of sp³-hybridized carbons (Fsp3) is 0.300. The van der Waals surface area contributed by atoms with Crippen LogP contribution in [0.4, 0.5) is 5.69 Å². The zero-order valence-corrected chi connectivity index (χ0v) is 21.1. The first-order chi connectivity index (χ1) is 17.9. The van der Waals surface area contributed by atoms with Gasteiger partial charge >= 0.3 is 5.97 Å². The molecule has 2 amide bonds. The fourth-order valence-electron chi connectivity index (χ4n) is 6.11. The predicted octanol–water partition coefficient (Wildman–Crippen LogP) is 4.25. The normalized spacial score (nSPS) is 24.8. The first-order valence-electron chi connectivity index (χ1n) is 12.6. The van der Waals surface area contributed by atoms with Crippen LogP contribution in [0.5, 0.6) is 5.75 Å². The number of aryl methyl sites for hydroxylation is 2. The summed E-state index contributed by atoms with van der Waals surface area (Å²) in [6.45, 7) is 3.96. The minimum atomic E-state index is -1.80. The maximum Gasteiger partial charge on any atom is 0.329 e. The van der Waals surface area contributed by atoms with Crippen LogP contribution >= 0.6 is 0 Å². The van der Waals surface area contributed by atoms with E-state index in [1.54, 1.807) is 36.4 Å².